The van der Waals surface area contributed by atoms with Crippen LogP contribution >= 0.6 is 11.6 Å². The summed E-state index contributed by atoms with van der Waals surface area (Å²) in [5, 5.41) is 19.1. The van der Waals surface area contributed by atoms with Crippen LogP contribution < -0.4 is 0 Å². The van der Waals surface area contributed by atoms with Crippen LogP contribution in [0.5, 0.6) is 0 Å². The Morgan fingerprint density at radius 2 is 1.91 bits per heavy atom. The molecule has 1 N–H and O–H groups in total. The lowest BCUT2D eigenvalue weighted by Crippen LogP contribution is -2.14. The Morgan fingerprint density at radius 3 is 2.50 bits per heavy atom. The first kappa shape index (κ1) is 16.0. The zero-order valence-corrected chi connectivity index (χ0v) is 12.3. The Morgan fingerprint density at radius 1 is 1.23 bits per heavy atom. The van der Waals surface area contributed by atoms with Crippen molar-refractivity contribution >= 4 is 17.6 Å². The molecule has 0 aliphatic rings. The van der Waals surface area contributed by atoms with E-state index in [1.54, 1.807) is 30.3 Å². The van der Waals surface area contributed by atoms with Gasteiger partial charge in [-0.05, 0) is 35.4 Å². The molecule has 2 aromatic rings. The van der Waals surface area contributed by atoms with Crippen molar-refractivity contribution in [3.63, 3.8) is 0 Å². The minimum atomic E-state index is -1.03. The van der Waals surface area contributed by atoms with Gasteiger partial charge in [-0.25, -0.2) is 4.39 Å². The first-order valence-electron chi connectivity index (χ1n) is 6.63. The highest BCUT2D eigenvalue weighted by molar-refractivity contribution is 6.30. The second-order valence-corrected chi connectivity index (χ2v) is 5.36. The first-order valence-corrected chi connectivity index (χ1v) is 7.01. The number of hydrogen-bond acceptors (Lipinski definition) is 2. The van der Waals surface area contributed by atoms with Gasteiger partial charge in [0.15, 0.2) is 0 Å². The Bertz CT molecular complexity index is 727. The topological polar surface area (TPSA) is 61.1 Å². The molecule has 0 radical (unpaired) electrons. The molecule has 0 aliphatic carbocycles. The van der Waals surface area contributed by atoms with E-state index in [1.165, 1.54) is 18.2 Å². The summed E-state index contributed by atoms with van der Waals surface area (Å²) in [6.07, 6.45) is -0.241. The van der Waals surface area contributed by atoms with Crippen LogP contribution in [0.4, 0.5) is 4.39 Å². The molecule has 0 aliphatic heterocycles. The van der Waals surface area contributed by atoms with E-state index in [0.717, 1.165) is 0 Å². The fourth-order valence-electron chi connectivity index (χ4n) is 2.45. The quantitative estimate of drug-likeness (QED) is 0.892. The molecular formula is C17H13ClFNO2. The molecule has 0 fully saturated rings. The maximum atomic E-state index is 13.4. The van der Waals surface area contributed by atoms with Crippen LogP contribution in [0.25, 0.3) is 0 Å². The molecule has 0 spiro atoms. The van der Waals surface area contributed by atoms with Gasteiger partial charge in [0.05, 0.1) is 18.4 Å². The molecule has 0 bridgehead atoms. The molecule has 0 aromatic heterocycles. The van der Waals surface area contributed by atoms with Gasteiger partial charge >= 0.3 is 5.97 Å². The summed E-state index contributed by atoms with van der Waals surface area (Å²) in [7, 11) is 0. The largest absolute Gasteiger partial charge is 0.481 e. The number of carbonyl (C=O) groups is 1. The van der Waals surface area contributed by atoms with Gasteiger partial charge in [0.2, 0.25) is 0 Å². The minimum absolute atomic E-state index is 0.241. The third-order valence-electron chi connectivity index (χ3n) is 3.42. The number of nitriles is 1. The van der Waals surface area contributed by atoms with E-state index in [2.05, 4.69) is 6.07 Å². The number of halogens is 2. The standard InChI is InChI=1S/C17H13ClFNO2/c18-13-5-1-3-11(7-13)15(9-17(21)22)16(10-20)12-4-2-6-14(19)8-12/h1-8,15-16H,9H2,(H,21,22). The molecule has 22 heavy (non-hydrogen) atoms. The number of aliphatic carboxylic acids is 1. The van der Waals surface area contributed by atoms with Gasteiger partial charge in [-0.2, -0.15) is 5.26 Å². The molecule has 112 valence electrons. The summed E-state index contributed by atoms with van der Waals surface area (Å²) in [5.74, 6) is -2.87. The average molecular weight is 318 g/mol. The summed E-state index contributed by atoms with van der Waals surface area (Å²) < 4.78 is 13.4. The van der Waals surface area contributed by atoms with E-state index >= 15 is 0 Å². The van der Waals surface area contributed by atoms with Crippen molar-refractivity contribution in [3.05, 3.63) is 70.5 Å². The second-order valence-electron chi connectivity index (χ2n) is 4.92. The van der Waals surface area contributed by atoms with Crippen LogP contribution in [0.15, 0.2) is 48.5 Å². The molecule has 0 amide bonds. The molecule has 2 atom stereocenters. The smallest absolute Gasteiger partial charge is 0.304 e. The number of rotatable bonds is 5. The average Bonchev–Trinajstić information content (AvgIpc) is 2.47. The normalized spacial score (nSPS) is 13.1. The predicted molar refractivity (Wildman–Crippen MR) is 81.2 cm³/mol. The minimum Gasteiger partial charge on any atom is -0.481 e. The van der Waals surface area contributed by atoms with Crippen molar-refractivity contribution in [1.29, 1.82) is 5.26 Å². The van der Waals surface area contributed by atoms with Crippen molar-refractivity contribution in [2.24, 2.45) is 0 Å². The lowest BCUT2D eigenvalue weighted by molar-refractivity contribution is -0.137. The van der Waals surface area contributed by atoms with Crippen LogP contribution in [0.2, 0.25) is 5.02 Å². The van der Waals surface area contributed by atoms with E-state index in [4.69, 9.17) is 16.7 Å². The fourth-order valence-corrected chi connectivity index (χ4v) is 2.65. The van der Waals surface area contributed by atoms with E-state index in [0.29, 0.717) is 16.1 Å². The van der Waals surface area contributed by atoms with Crippen molar-refractivity contribution in [2.75, 3.05) is 0 Å². The molecule has 2 unspecified atom stereocenters. The van der Waals surface area contributed by atoms with Crippen molar-refractivity contribution in [1.82, 2.24) is 0 Å². The number of nitrogens with zero attached hydrogens (tertiary/aromatic N) is 1. The van der Waals surface area contributed by atoms with Crippen molar-refractivity contribution < 1.29 is 14.3 Å². The highest BCUT2D eigenvalue weighted by atomic mass is 35.5. The number of hydrogen-bond donors (Lipinski definition) is 1. The van der Waals surface area contributed by atoms with Crippen LogP contribution in [0, 0.1) is 17.1 Å². The SMILES string of the molecule is N#CC(c1cccc(F)c1)C(CC(=O)O)c1cccc(Cl)c1. The van der Waals surface area contributed by atoms with Crippen LogP contribution in [-0.4, -0.2) is 11.1 Å². The Balaban J connectivity index is 2.47. The summed E-state index contributed by atoms with van der Waals surface area (Å²) in [4.78, 5) is 11.2. The Kier molecular flexibility index (Phi) is 5.13. The Labute approximate surface area is 132 Å². The third kappa shape index (κ3) is 3.84. The van der Waals surface area contributed by atoms with E-state index in [9.17, 15) is 14.4 Å². The third-order valence-corrected chi connectivity index (χ3v) is 3.66. The van der Waals surface area contributed by atoms with Crippen LogP contribution in [0.3, 0.4) is 0 Å². The Hall–Kier alpha value is -2.38. The van der Waals surface area contributed by atoms with Crippen molar-refractivity contribution in [2.45, 2.75) is 18.3 Å². The van der Waals surface area contributed by atoms with Gasteiger partial charge in [-0.1, -0.05) is 35.9 Å². The predicted octanol–water partition coefficient (Wildman–Crippen LogP) is 4.34. The van der Waals surface area contributed by atoms with Gasteiger partial charge in [0.1, 0.15) is 5.82 Å². The highest BCUT2D eigenvalue weighted by Gasteiger charge is 2.27. The van der Waals surface area contributed by atoms with E-state index in [1.807, 2.05) is 0 Å². The summed E-state index contributed by atoms with van der Waals surface area (Å²) in [5.41, 5.74) is 1.10. The number of carboxylic acid groups (broad SMARTS) is 1. The monoisotopic (exact) mass is 317 g/mol. The van der Waals surface area contributed by atoms with Gasteiger partial charge in [0.25, 0.3) is 0 Å². The van der Waals surface area contributed by atoms with Crippen LogP contribution in [0.1, 0.15) is 29.4 Å². The van der Waals surface area contributed by atoms with Crippen molar-refractivity contribution in [3.8, 4) is 6.07 Å². The van der Waals surface area contributed by atoms with Gasteiger partial charge in [0, 0.05) is 10.9 Å². The van der Waals surface area contributed by atoms with Gasteiger partial charge in [-0.15, -0.1) is 0 Å². The molecule has 2 aromatic carbocycles. The van der Waals surface area contributed by atoms with Crippen LogP contribution in [-0.2, 0) is 4.79 Å². The molecule has 2 rings (SSSR count). The second kappa shape index (κ2) is 7.06. The molecule has 0 heterocycles. The molecule has 0 saturated heterocycles. The summed E-state index contributed by atoms with van der Waals surface area (Å²) in [6, 6.07) is 14.5. The molecule has 5 heteroatoms. The van der Waals surface area contributed by atoms with E-state index < -0.39 is 23.6 Å². The molecule has 3 nitrogen and oxygen atoms in total. The first-order chi connectivity index (χ1) is 10.5. The maximum Gasteiger partial charge on any atom is 0.304 e. The number of benzene rings is 2. The highest BCUT2D eigenvalue weighted by Crippen LogP contribution is 2.36. The summed E-state index contributed by atoms with van der Waals surface area (Å²) >= 11 is 5.95. The molecular weight excluding hydrogens is 305 g/mol. The lowest BCUT2D eigenvalue weighted by atomic mass is 9.80. The fraction of sp³-hybridized carbons (Fsp3) is 0.176. The number of carboxylic acids is 1. The maximum absolute atomic E-state index is 13.4. The lowest BCUT2D eigenvalue weighted by Gasteiger charge is -2.21. The van der Waals surface area contributed by atoms with Gasteiger partial charge < -0.3 is 5.11 Å². The van der Waals surface area contributed by atoms with E-state index in [-0.39, 0.29) is 6.42 Å². The molecule has 0 saturated carbocycles. The van der Waals surface area contributed by atoms with Gasteiger partial charge in [-0.3, -0.25) is 4.79 Å². The zero-order valence-electron chi connectivity index (χ0n) is 11.5. The zero-order chi connectivity index (χ0) is 16.1. The summed E-state index contributed by atoms with van der Waals surface area (Å²) in [6.45, 7) is 0.